The van der Waals surface area contributed by atoms with Gasteiger partial charge in [-0.3, -0.25) is 4.79 Å². The number of rotatable bonds is 9. The van der Waals surface area contributed by atoms with E-state index in [9.17, 15) is 4.79 Å². The van der Waals surface area contributed by atoms with E-state index in [-0.39, 0.29) is 0 Å². The first kappa shape index (κ1) is 15.7. The Kier molecular flexibility index (Phi) is 7.15. The van der Waals surface area contributed by atoms with Crippen molar-refractivity contribution in [2.75, 3.05) is 33.2 Å². The molecule has 1 aromatic rings. The Morgan fingerprint density at radius 1 is 1.21 bits per heavy atom. The highest BCUT2D eigenvalue weighted by Gasteiger charge is 2.04. The van der Waals surface area contributed by atoms with Gasteiger partial charge in [-0.2, -0.15) is 0 Å². The number of benzene rings is 1. The fourth-order valence-electron chi connectivity index (χ4n) is 2.02. The number of hydrogen-bond acceptors (Lipinski definition) is 4. The maximum atomic E-state index is 10.3. The van der Waals surface area contributed by atoms with Crippen molar-refractivity contribution in [2.24, 2.45) is 0 Å². The van der Waals surface area contributed by atoms with Gasteiger partial charge in [0.25, 0.3) is 6.47 Å². The second-order valence-electron chi connectivity index (χ2n) is 4.63. The molecular formula is C15H24N2O2. The third-order valence-electron chi connectivity index (χ3n) is 3.23. The van der Waals surface area contributed by atoms with Crippen LogP contribution in [0.2, 0.25) is 0 Å². The van der Waals surface area contributed by atoms with Gasteiger partial charge in [0.2, 0.25) is 0 Å². The lowest BCUT2D eigenvalue weighted by atomic mass is 10.2. The van der Waals surface area contributed by atoms with Crippen molar-refractivity contribution in [2.45, 2.75) is 20.4 Å². The molecule has 0 atom stereocenters. The van der Waals surface area contributed by atoms with Crippen molar-refractivity contribution in [1.82, 2.24) is 9.80 Å². The van der Waals surface area contributed by atoms with E-state index >= 15 is 0 Å². The van der Waals surface area contributed by atoms with Crippen molar-refractivity contribution < 1.29 is 9.53 Å². The van der Waals surface area contributed by atoms with Crippen LogP contribution in [0.5, 0.6) is 5.75 Å². The fraction of sp³-hybridized carbons (Fsp3) is 0.533. The molecule has 0 heterocycles. The summed E-state index contributed by atoms with van der Waals surface area (Å²) in [4.78, 5) is 15.0. The SMILES string of the molecule is CCN(CC)CCN(C)Cc1cccc(OC=O)c1. The lowest BCUT2D eigenvalue weighted by molar-refractivity contribution is -0.120. The van der Waals surface area contributed by atoms with E-state index in [1.54, 1.807) is 6.07 Å². The van der Waals surface area contributed by atoms with Crippen LogP contribution in [0.15, 0.2) is 24.3 Å². The molecule has 0 aromatic heterocycles. The molecule has 19 heavy (non-hydrogen) atoms. The highest BCUT2D eigenvalue weighted by atomic mass is 16.5. The lowest BCUT2D eigenvalue weighted by Crippen LogP contribution is -2.32. The summed E-state index contributed by atoms with van der Waals surface area (Å²) in [5, 5.41) is 0. The number of carbonyl (C=O) groups excluding carboxylic acids is 1. The zero-order valence-corrected chi connectivity index (χ0v) is 12.1. The summed E-state index contributed by atoms with van der Waals surface area (Å²) in [7, 11) is 2.11. The average Bonchev–Trinajstić information content (AvgIpc) is 2.40. The minimum atomic E-state index is 0.462. The Morgan fingerprint density at radius 3 is 2.58 bits per heavy atom. The molecule has 0 bridgehead atoms. The summed E-state index contributed by atoms with van der Waals surface area (Å²) in [6.07, 6.45) is 0. The summed E-state index contributed by atoms with van der Waals surface area (Å²) in [5.74, 6) is 0.602. The molecule has 0 saturated carbocycles. The van der Waals surface area contributed by atoms with Crippen LogP contribution in [0.3, 0.4) is 0 Å². The molecule has 0 aliphatic heterocycles. The van der Waals surface area contributed by atoms with E-state index in [4.69, 9.17) is 4.74 Å². The van der Waals surface area contributed by atoms with E-state index < -0.39 is 0 Å². The van der Waals surface area contributed by atoms with E-state index in [0.29, 0.717) is 12.2 Å². The minimum absolute atomic E-state index is 0.462. The molecule has 4 heteroatoms. The van der Waals surface area contributed by atoms with Gasteiger partial charge in [0.15, 0.2) is 0 Å². The molecule has 0 aliphatic carbocycles. The van der Waals surface area contributed by atoms with Gasteiger partial charge in [-0.25, -0.2) is 0 Å². The van der Waals surface area contributed by atoms with E-state index in [1.165, 1.54) is 0 Å². The molecule has 1 rings (SSSR count). The highest BCUT2D eigenvalue weighted by Crippen LogP contribution is 2.13. The summed E-state index contributed by atoms with van der Waals surface area (Å²) in [6, 6.07) is 7.65. The molecule has 0 unspecified atom stereocenters. The molecule has 0 aliphatic rings. The van der Waals surface area contributed by atoms with Crippen molar-refractivity contribution in [1.29, 1.82) is 0 Å². The Balaban J connectivity index is 2.45. The molecule has 0 saturated heterocycles. The van der Waals surface area contributed by atoms with Crippen LogP contribution in [0, 0.1) is 0 Å². The first-order chi connectivity index (χ1) is 9.19. The first-order valence-electron chi connectivity index (χ1n) is 6.79. The van der Waals surface area contributed by atoms with Gasteiger partial charge in [0.1, 0.15) is 5.75 Å². The van der Waals surface area contributed by atoms with Crippen LogP contribution in [-0.2, 0) is 11.3 Å². The molecule has 0 amide bonds. The second-order valence-corrected chi connectivity index (χ2v) is 4.63. The van der Waals surface area contributed by atoms with Crippen molar-refractivity contribution in [3.05, 3.63) is 29.8 Å². The topological polar surface area (TPSA) is 32.8 Å². The molecule has 0 N–H and O–H groups in total. The molecule has 1 aromatic carbocycles. The molecule has 0 radical (unpaired) electrons. The predicted octanol–water partition coefficient (Wildman–Crippen LogP) is 2.00. The van der Waals surface area contributed by atoms with Crippen molar-refractivity contribution in [3.8, 4) is 5.75 Å². The summed E-state index contributed by atoms with van der Waals surface area (Å²) in [6.45, 7) is 9.97. The van der Waals surface area contributed by atoms with Crippen LogP contribution in [0.1, 0.15) is 19.4 Å². The molecule has 106 valence electrons. The fourth-order valence-corrected chi connectivity index (χ4v) is 2.02. The zero-order chi connectivity index (χ0) is 14.1. The summed E-state index contributed by atoms with van der Waals surface area (Å²) in [5.41, 5.74) is 1.15. The Bertz CT molecular complexity index is 378. The molecule has 0 spiro atoms. The number of carbonyl (C=O) groups is 1. The first-order valence-corrected chi connectivity index (χ1v) is 6.79. The smallest absolute Gasteiger partial charge is 0.298 e. The van der Waals surface area contributed by atoms with Crippen molar-refractivity contribution in [3.63, 3.8) is 0 Å². The van der Waals surface area contributed by atoms with Gasteiger partial charge >= 0.3 is 0 Å². The summed E-state index contributed by atoms with van der Waals surface area (Å²) < 4.78 is 4.85. The molecular weight excluding hydrogens is 240 g/mol. The monoisotopic (exact) mass is 264 g/mol. The normalized spacial score (nSPS) is 11.0. The second kappa shape index (κ2) is 8.67. The third-order valence-corrected chi connectivity index (χ3v) is 3.23. The van der Waals surface area contributed by atoms with Gasteiger partial charge in [-0.15, -0.1) is 0 Å². The maximum absolute atomic E-state index is 10.3. The van der Waals surface area contributed by atoms with Crippen LogP contribution in [0.25, 0.3) is 0 Å². The standard InChI is InChI=1S/C15H24N2O2/c1-4-17(5-2)10-9-16(3)12-14-7-6-8-15(11-14)19-13-18/h6-8,11,13H,4-5,9-10,12H2,1-3H3. The average molecular weight is 264 g/mol. The van der Waals surface area contributed by atoms with Gasteiger partial charge < -0.3 is 14.5 Å². The van der Waals surface area contributed by atoms with Gasteiger partial charge in [0, 0.05) is 19.6 Å². The number of nitrogens with zero attached hydrogens (tertiary/aromatic N) is 2. The van der Waals surface area contributed by atoms with E-state index in [0.717, 1.165) is 38.3 Å². The van der Waals surface area contributed by atoms with Gasteiger partial charge in [0.05, 0.1) is 0 Å². The van der Waals surface area contributed by atoms with E-state index in [2.05, 4.69) is 30.7 Å². The molecule has 0 fully saturated rings. The van der Waals surface area contributed by atoms with Crippen molar-refractivity contribution >= 4 is 6.47 Å². The zero-order valence-electron chi connectivity index (χ0n) is 12.1. The number of likely N-dealkylation sites (N-methyl/N-ethyl adjacent to an activating group) is 2. The lowest BCUT2D eigenvalue weighted by Gasteiger charge is -2.23. The largest absolute Gasteiger partial charge is 0.429 e. The van der Waals surface area contributed by atoms with Crippen LogP contribution >= 0.6 is 0 Å². The maximum Gasteiger partial charge on any atom is 0.298 e. The number of ether oxygens (including phenoxy) is 1. The highest BCUT2D eigenvalue weighted by molar-refractivity contribution is 5.45. The van der Waals surface area contributed by atoms with Crippen LogP contribution in [0.4, 0.5) is 0 Å². The van der Waals surface area contributed by atoms with Crippen LogP contribution < -0.4 is 4.74 Å². The quantitative estimate of drug-likeness (QED) is 0.639. The third kappa shape index (κ3) is 5.85. The van der Waals surface area contributed by atoms with Gasteiger partial charge in [-0.05, 0) is 37.8 Å². The predicted molar refractivity (Wildman–Crippen MR) is 77.3 cm³/mol. The van der Waals surface area contributed by atoms with Gasteiger partial charge in [-0.1, -0.05) is 26.0 Å². The van der Waals surface area contributed by atoms with E-state index in [1.807, 2.05) is 18.2 Å². The molecule has 4 nitrogen and oxygen atoms in total. The summed E-state index contributed by atoms with van der Waals surface area (Å²) >= 11 is 0. The van der Waals surface area contributed by atoms with Crippen LogP contribution in [-0.4, -0.2) is 49.5 Å². The Morgan fingerprint density at radius 2 is 1.95 bits per heavy atom. The Labute approximate surface area is 116 Å². The Hall–Kier alpha value is -1.39. The number of hydrogen-bond donors (Lipinski definition) is 0. The minimum Gasteiger partial charge on any atom is -0.429 e.